The fourth-order valence-corrected chi connectivity index (χ4v) is 4.92. The van der Waals surface area contributed by atoms with Crippen LogP contribution in [-0.4, -0.2) is 51.8 Å². The monoisotopic (exact) mass is 498 g/mol. The van der Waals surface area contributed by atoms with Crippen molar-refractivity contribution in [1.29, 1.82) is 0 Å². The van der Waals surface area contributed by atoms with Gasteiger partial charge in [-0.15, -0.1) is 0 Å². The first-order valence-corrected chi connectivity index (χ1v) is 11.9. The van der Waals surface area contributed by atoms with E-state index in [1.807, 2.05) is 18.2 Å². The van der Waals surface area contributed by atoms with Gasteiger partial charge in [0.15, 0.2) is 5.52 Å². The lowest BCUT2D eigenvalue weighted by atomic mass is 9.90. The smallest absolute Gasteiger partial charge is 0.280 e. The average Bonchev–Trinajstić information content (AvgIpc) is 2.76. The number of ether oxygens (including phenoxy) is 2. The van der Waals surface area contributed by atoms with Crippen molar-refractivity contribution in [1.82, 2.24) is 19.4 Å². The Morgan fingerprint density at radius 2 is 1.91 bits per heavy atom. The molecule has 0 atom stereocenters. The molecule has 5 rings (SSSR count). The summed E-state index contributed by atoms with van der Waals surface area (Å²) in [5, 5.41) is 0. The minimum Gasteiger partial charge on any atom is -0.496 e. The minimum atomic E-state index is -0.196. The molecule has 0 radical (unpaired) electrons. The highest BCUT2D eigenvalue weighted by Gasteiger charge is 2.29. The van der Waals surface area contributed by atoms with Gasteiger partial charge in [-0.3, -0.25) is 9.36 Å². The zero-order valence-corrected chi connectivity index (χ0v) is 20.0. The van der Waals surface area contributed by atoms with Crippen molar-refractivity contribution in [3.63, 3.8) is 0 Å². The maximum Gasteiger partial charge on any atom is 0.280 e. The number of rotatable bonds is 5. The number of benzene rings is 1. The summed E-state index contributed by atoms with van der Waals surface area (Å²) in [6, 6.07) is 8.34. The van der Waals surface area contributed by atoms with Crippen LogP contribution in [0.2, 0.25) is 0 Å². The lowest BCUT2D eigenvalue weighted by Gasteiger charge is -2.41. The van der Waals surface area contributed by atoms with Crippen molar-refractivity contribution >= 4 is 27.0 Å². The van der Waals surface area contributed by atoms with Gasteiger partial charge in [-0.25, -0.2) is 9.97 Å². The highest BCUT2D eigenvalue weighted by Crippen LogP contribution is 2.34. The van der Waals surface area contributed by atoms with Crippen molar-refractivity contribution in [3.8, 4) is 22.9 Å². The van der Waals surface area contributed by atoms with Gasteiger partial charge in [0.25, 0.3) is 5.56 Å². The fourth-order valence-electron chi connectivity index (χ4n) is 4.60. The molecule has 0 amide bonds. The van der Waals surface area contributed by atoms with Crippen LogP contribution in [0.25, 0.3) is 22.4 Å². The molecule has 2 aliphatic rings. The number of piperidine rings is 1. The molecule has 1 saturated heterocycles. The number of likely N-dealkylation sites (tertiary alicyclic amines) is 1. The predicted molar refractivity (Wildman–Crippen MR) is 127 cm³/mol. The van der Waals surface area contributed by atoms with Crippen molar-refractivity contribution in [3.05, 3.63) is 45.3 Å². The van der Waals surface area contributed by atoms with Crippen LogP contribution in [-0.2, 0) is 7.05 Å². The number of hydrogen-bond acceptors (Lipinski definition) is 6. The first-order chi connectivity index (χ1) is 15.5. The minimum absolute atomic E-state index is 0.196. The van der Waals surface area contributed by atoms with Crippen molar-refractivity contribution < 1.29 is 9.47 Å². The van der Waals surface area contributed by atoms with Gasteiger partial charge in [-0.2, -0.15) is 0 Å². The molecular formula is C24H27BrN4O3. The zero-order chi connectivity index (χ0) is 22.2. The van der Waals surface area contributed by atoms with Gasteiger partial charge in [0.1, 0.15) is 23.4 Å². The summed E-state index contributed by atoms with van der Waals surface area (Å²) in [6.07, 6.45) is 7.98. The second-order valence-corrected chi connectivity index (χ2v) is 9.54. The molecule has 0 unspecified atom stereocenters. The van der Waals surface area contributed by atoms with E-state index in [-0.39, 0.29) is 11.7 Å². The first kappa shape index (κ1) is 21.4. The molecule has 32 heavy (non-hydrogen) atoms. The van der Waals surface area contributed by atoms with Crippen LogP contribution in [0.15, 0.2) is 39.7 Å². The molecule has 1 saturated carbocycles. The Hall–Kier alpha value is -2.45. The summed E-state index contributed by atoms with van der Waals surface area (Å²) >= 11 is 3.40. The molecule has 2 fully saturated rings. The lowest BCUT2D eigenvalue weighted by molar-refractivity contribution is 0.0492. The van der Waals surface area contributed by atoms with E-state index in [0.29, 0.717) is 22.6 Å². The average molecular weight is 499 g/mol. The molecule has 0 spiro atoms. The summed E-state index contributed by atoms with van der Waals surface area (Å²) < 4.78 is 14.2. The van der Waals surface area contributed by atoms with E-state index in [9.17, 15) is 4.79 Å². The molecule has 1 aliphatic carbocycles. The summed E-state index contributed by atoms with van der Waals surface area (Å²) in [6.45, 7) is 2.22. The van der Waals surface area contributed by atoms with E-state index in [1.165, 1.54) is 23.8 Å². The van der Waals surface area contributed by atoms with Gasteiger partial charge in [0, 0.05) is 42.9 Å². The summed E-state index contributed by atoms with van der Waals surface area (Å²) in [7, 11) is 3.32. The largest absolute Gasteiger partial charge is 0.496 e. The van der Waals surface area contributed by atoms with E-state index in [2.05, 4.69) is 25.8 Å². The third-order valence-corrected chi connectivity index (χ3v) is 7.10. The SMILES string of the molecule is COc1cc(OC2CCN(C3CCC3)CC2)ccc1-c1nc2cc(Br)cnc2c(=O)n1C. The predicted octanol–water partition coefficient (Wildman–Crippen LogP) is 4.16. The fraction of sp³-hybridized carbons (Fsp3) is 0.458. The van der Waals surface area contributed by atoms with Gasteiger partial charge >= 0.3 is 0 Å². The topological polar surface area (TPSA) is 69.5 Å². The maximum absolute atomic E-state index is 12.8. The molecule has 2 aromatic heterocycles. The number of fused-ring (bicyclic) bond motifs is 1. The number of pyridine rings is 1. The van der Waals surface area contributed by atoms with Gasteiger partial charge in [-0.05, 0) is 59.8 Å². The highest BCUT2D eigenvalue weighted by atomic mass is 79.9. The second-order valence-electron chi connectivity index (χ2n) is 8.62. The van der Waals surface area contributed by atoms with Gasteiger partial charge in [0.05, 0.1) is 18.2 Å². The Kier molecular flexibility index (Phi) is 5.90. The number of nitrogens with zero attached hydrogens (tertiary/aromatic N) is 4. The van der Waals surface area contributed by atoms with Crippen molar-refractivity contribution in [2.45, 2.75) is 44.2 Å². The van der Waals surface area contributed by atoms with Crippen molar-refractivity contribution in [2.24, 2.45) is 7.05 Å². The summed E-state index contributed by atoms with van der Waals surface area (Å²) in [5.41, 5.74) is 1.42. The number of aromatic nitrogens is 3. The molecule has 8 heteroatoms. The molecule has 1 aromatic carbocycles. The molecule has 0 N–H and O–H groups in total. The summed E-state index contributed by atoms with van der Waals surface area (Å²) in [4.78, 5) is 24.4. The van der Waals surface area contributed by atoms with Crippen molar-refractivity contribution in [2.75, 3.05) is 20.2 Å². The van der Waals surface area contributed by atoms with Gasteiger partial charge in [-0.1, -0.05) is 6.42 Å². The van der Waals surface area contributed by atoms with E-state index in [0.717, 1.165) is 47.8 Å². The van der Waals surface area contributed by atoms with Crippen LogP contribution in [0.4, 0.5) is 0 Å². The quantitative estimate of drug-likeness (QED) is 0.525. The molecule has 3 heterocycles. The Balaban J connectivity index is 1.39. The summed E-state index contributed by atoms with van der Waals surface area (Å²) in [5.74, 6) is 1.93. The zero-order valence-electron chi connectivity index (χ0n) is 18.4. The van der Waals surface area contributed by atoms with E-state index in [4.69, 9.17) is 14.5 Å². The molecule has 3 aromatic rings. The maximum atomic E-state index is 12.8. The van der Waals surface area contributed by atoms with E-state index >= 15 is 0 Å². The first-order valence-electron chi connectivity index (χ1n) is 11.1. The Morgan fingerprint density at radius 3 is 2.59 bits per heavy atom. The second kappa shape index (κ2) is 8.83. The molecule has 168 valence electrons. The highest BCUT2D eigenvalue weighted by molar-refractivity contribution is 9.10. The Bertz CT molecular complexity index is 1200. The molecule has 1 aliphatic heterocycles. The van der Waals surface area contributed by atoms with Gasteiger partial charge in [0.2, 0.25) is 0 Å². The van der Waals surface area contributed by atoms with Crippen LogP contribution in [0.1, 0.15) is 32.1 Å². The number of hydrogen-bond donors (Lipinski definition) is 0. The number of methoxy groups -OCH3 is 1. The number of halogens is 1. The van der Waals surface area contributed by atoms with Crippen LogP contribution in [0, 0.1) is 0 Å². The standard InChI is InChI=1S/C24H27BrN4O3/c1-28-23(27-20-12-15(25)14-26-22(20)24(28)30)19-7-6-18(13-21(19)31-2)32-17-8-10-29(11-9-17)16-4-3-5-16/h6-7,12-14,16-17H,3-5,8-11H2,1-2H3. The molecule has 7 nitrogen and oxygen atoms in total. The van der Waals surface area contributed by atoms with Gasteiger partial charge < -0.3 is 14.4 Å². The Morgan fingerprint density at radius 1 is 1.12 bits per heavy atom. The normalized spacial score (nSPS) is 18.0. The third kappa shape index (κ3) is 4.01. The van der Waals surface area contributed by atoms with Crippen LogP contribution < -0.4 is 15.0 Å². The molecular weight excluding hydrogens is 472 g/mol. The third-order valence-electron chi connectivity index (χ3n) is 6.67. The van der Waals surface area contributed by atoms with E-state index in [1.54, 1.807) is 26.4 Å². The van der Waals surface area contributed by atoms with E-state index < -0.39 is 0 Å². The molecule has 0 bridgehead atoms. The van der Waals surface area contributed by atoms with Crippen LogP contribution >= 0.6 is 15.9 Å². The Labute approximate surface area is 195 Å². The van der Waals surface area contributed by atoms with Crippen LogP contribution in [0.3, 0.4) is 0 Å². The van der Waals surface area contributed by atoms with Crippen LogP contribution in [0.5, 0.6) is 11.5 Å². The lowest BCUT2D eigenvalue weighted by Crippen LogP contribution is -2.46.